The van der Waals surface area contributed by atoms with E-state index in [1.165, 1.54) is 19.3 Å². The van der Waals surface area contributed by atoms with Gasteiger partial charge in [0.2, 0.25) is 0 Å². The van der Waals surface area contributed by atoms with Crippen LogP contribution in [0, 0.1) is 29.6 Å². The monoisotopic (exact) mass is 422 g/mol. The van der Waals surface area contributed by atoms with E-state index in [0.29, 0.717) is 24.7 Å². The van der Waals surface area contributed by atoms with Crippen LogP contribution in [-0.4, -0.2) is 28.6 Å². The van der Waals surface area contributed by atoms with Crippen LogP contribution in [-0.2, 0) is 9.59 Å². The summed E-state index contributed by atoms with van der Waals surface area (Å²) in [6.45, 7) is 15.1. The van der Waals surface area contributed by atoms with E-state index in [1.807, 2.05) is 6.92 Å². The Bertz CT molecular complexity index is 576. The van der Waals surface area contributed by atoms with Crippen molar-refractivity contribution in [3.63, 3.8) is 0 Å². The van der Waals surface area contributed by atoms with E-state index in [1.54, 1.807) is 13.0 Å². The number of carboxylic acid groups (broad SMARTS) is 1. The van der Waals surface area contributed by atoms with Gasteiger partial charge >= 0.3 is 5.97 Å². The van der Waals surface area contributed by atoms with Crippen molar-refractivity contribution in [1.29, 1.82) is 0 Å². The van der Waals surface area contributed by atoms with Crippen molar-refractivity contribution in [3.05, 3.63) is 23.3 Å². The molecule has 30 heavy (non-hydrogen) atoms. The third kappa shape index (κ3) is 13.0. The minimum Gasteiger partial charge on any atom is -0.478 e. The van der Waals surface area contributed by atoms with E-state index in [9.17, 15) is 14.7 Å². The predicted molar refractivity (Wildman–Crippen MR) is 125 cm³/mol. The highest BCUT2D eigenvalue weighted by molar-refractivity contribution is 5.89. The van der Waals surface area contributed by atoms with Crippen LogP contribution in [0.2, 0.25) is 0 Å². The van der Waals surface area contributed by atoms with Gasteiger partial charge in [0.25, 0.3) is 0 Å². The number of allylic oxidation sites excluding steroid dienone is 3. The largest absolute Gasteiger partial charge is 0.478 e. The molecule has 4 heteroatoms. The number of rotatable bonds is 16. The first kappa shape index (κ1) is 28.6. The Balaban J connectivity index is 4.88. The molecule has 5 atom stereocenters. The third-order valence-corrected chi connectivity index (χ3v) is 5.96. The van der Waals surface area contributed by atoms with Crippen LogP contribution in [0.5, 0.6) is 0 Å². The van der Waals surface area contributed by atoms with Crippen molar-refractivity contribution in [2.75, 3.05) is 6.61 Å². The number of carbonyl (C=O) groups excluding carboxylic acids is 1. The van der Waals surface area contributed by atoms with Gasteiger partial charge in [0.05, 0.1) is 0 Å². The first-order valence-electron chi connectivity index (χ1n) is 11.8. The molecule has 5 unspecified atom stereocenters. The molecule has 0 amide bonds. The Morgan fingerprint density at radius 2 is 1.50 bits per heavy atom. The second-order valence-corrected chi connectivity index (χ2v) is 9.69. The van der Waals surface area contributed by atoms with Crippen LogP contribution >= 0.6 is 0 Å². The molecular formula is C26H46O4. The minimum atomic E-state index is -0.968. The third-order valence-electron chi connectivity index (χ3n) is 5.96. The molecule has 0 aromatic heterocycles. The van der Waals surface area contributed by atoms with Crippen molar-refractivity contribution in [1.82, 2.24) is 0 Å². The molecule has 0 aromatic carbocycles. The normalized spacial score (nSPS) is 17.9. The van der Waals surface area contributed by atoms with Gasteiger partial charge in [-0.25, -0.2) is 4.79 Å². The molecule has 0 rings (SSSR count). The van der Waals surface area contributed by atoms with Gasteiger partial charge in [-0.3, -0.25) is 4.79 Å². The van der Waals surface area contributed by atoms with Crippen LogP contribution in [0.4, 0.5) is 0 Å². The van der Waals surface area contributed by atoms with Crippen molar-refractivity contribution in [3.8, 4) is 0 Å². The fourth-order valence-corrected chi connectivity index (χ4v) is 4.36. The number of aliphatic carboxylic acids is 1. The lowest BCUT2D eigenvalue weighted by Gasteiger charge is -2.21. The number of carbonyl (C=O) groups is 2. The zero-order chi connectivity index (χ0) is 23.3. The molecule has 2 N–H and O–H groups in total. The number of aliphatic hydroxyl groups excluding tert-OH is 1. The molecule has 0 spiro atoms. The highest BCUT2D eigenvalue weighted by Crippen LogP contribution is 2.26. The van der Waals surface area contributed by atoms with Gasteiger partial charge in [0.1, 0.15) is 5.78 Å². The molecule has 0 saturated carbocycles. The zero-order valence-corrected chi connectivity index (χ0v) is 20.4. The summed E-state index contributed by atoms with van der Waals surface area (Å²) in [5.74, 6) is 1.22. The predicted octanol–water partition coefficient (Wildman–Crippen LogP) is 6.44. The zero-order valence-electron chi connectivity index (χ0n) is 20.4. The fraction of sp³-hybridized carbons (Fsp3) is 0.769. The summed E-state index contributed by atoms with van der Waals surface area (Å²) in [4.78, 5) is 23.7. The van der Waals surface area contributed by atoms with Gasteiger partial charge in [0, 0.05) is 24.5 Å². The van der Waals surface area contributed by atoms with E-state index in [-0.39, 0.29) is 30.3 Å². The SMILES string of the molecule is CCC(C)CC(C)CC(C)CC(C)C=C(C)C=C(CC(C)C(=O)CCCO)C(=O)O. The van der Waals surface area contributed by atoms with Crippen molar-refractivity contribution in [2.24, 2.45) is 29.6 Å². The number of hydrogen-bond acceptors (Lipinski definition) is 3. The number of carboxylic acids is 1. The van der Waals surface area contributed by atoms with Crippen LogP contribution in [0.15, 0.2) is 23.3 Å². The van der Waals surface area contributed by atoms with Crippen molar-refractivity contribution < 1.29 is 19.8 Å². The fourth-order valence-electron chi connectivity index (χ4n) is 4.36. The number of ketones is 1. The van der Waals surface area contributed by atoms with E-state index in [2.05, 4.69) is 40.7 Å². The van der Waals surface area contributed by atoms with Gasteiger partial charge in [-0.1, -0.05) is 59.6 Å². The Morgan fingerprint density at radius 1 is 0.933 bits per heavy atom. The van der Waals surface area contributed by atoms with E-state index in [0.717, 1.165) is 23.8 Å². The summed E-state index contributed by atoms with van der Waals surface area (Å²) in [5.41, 5.74) is 1.21. The van der Waals surface area contributed by atoms with Gasteiger partial charge in [0.15, 0.2) is 0 Å². The van der Waals surface area contributed by atoms with Crippen LogP contribution in [0.25, 0.3) is 0 Å². The van der Waals surface area contributed by atoms with Gasteiger partial charge in [-0.2, -0.15) is 0 Å². The minimum absolute atomic E-state index is 0.00605. The smallest absolute Gasteiger partial charge is 0.331 e. The summed E-state index contributed by atoms with van der Waals surface area (Å²) < 4.78 is 0. The van der Waals surface area contributed by atoms with E-state index >= 15 is 0 Å². The maximum Gasteiger partial charge on any atom is 0.331 e. The summed E-state index contributed by atoms with van der Waals surface area (Å²) >= 11 is 0. The highest BCUT2D eigenvalue weighted by Gasteiger charge is 2.18. The number of hydrogen-bond donors (Lipinski definition) is 2. The lowest BCUT2D eigenvalue weighted by atomic mass is 9.84. The highest BCUT2D eigenvalue weighted by atomic mass is 16.4. The maximum atomic E-state index is 12.1. The lowest BCUT2D eigenvalue weighted by molar-refractivity contribution is -0.133. The molecule has 0 heterocycles. The molecule has 0 aliphatic heterocycles. The second kappa shape index (κ2) is 15.4. The molecule has 0 aliphatic rings. The lowest BCUT2D eigenvalue weighted by Crippen LogP contribution is -2.15. The van der Waals surface area contributed by atoms with Crippen molar-refractivity contribution in [2.45, 2.75) is 93.4 Å². The Morgan fingerprint density at radius 3 is 2.03 bits per heavy atom. The second-order valence-electron chi connectivity index (χ2n) is 9.69. The van der Waals surface area contributed by atoms with Crippen LogP contribution < -0.4 is 0 Å². The average molecular weight is 423 g/mol. The van der Waals surface area contributed by atoms with Gasteiger partial charge in [-0.05, 0) is 68.8 Å². The molecule has 174 valence electrons. The molecule has 0 saturated heterocycles. The number of aliphatic hydroxyl groups is 1. The molecule has 0 aliphatic carbocycles. The summed E-state index contributed by atoms with van der Waals surface area (Å²) in [6.07, 6.45) is 9.65. The van der Waals surface area contributed by atoms with Crippen LogP contribution in [0.3, 0.4) is 0 Å². The van der Waals surface area contributed by atoms with E-state index in [4.69, 9.17) is 5.11 Å². The topological polar surface area (TPSA) is 74.6 Å². The summed E-state index contributed by atoms with van der Waals surface area (Å²) in [7, 11) is 0. The quantitative estimate of drug-likeness (QED) is 0.222. The number of Topliss-reactive ketones (excluding diaryl/α,β-unsaturated/α-hetero) is 1. The van der Waals surface area contributed by atoms with Crippen LogP contribution in [0.1, 0.15) is 93.4 Å². The molecule has 0 radical (unpaired) electrons. The van der Waals surface area contributed by atoms with Gasteiger partial charge < -0.3 is 10.2 Å². The average Bonchev–Trinajstić information content (AvgIpc) is 2.64. The standard InChI is InChI=1S/C26H46O4/c1-8-18(2)12-19(3)13-20(4)14-21(5)15-22(6)16-24(26(29)30)17-23(7)25(28)10-9-11-27/h15-16,18-21,23,27H,8-14,17H2,1-7H3,(H,29,30). The summed E-state index contributed by atoms with van der Waals surface area (Å²) in [5, 5.41) is 18.4. The summed E-state index contributed by atoms with van der Waals surface area (Å²) in [6, 6.07) is 0. The van der Waals surface area contributed by atoms with E-state index < -0.39 is 5.97 Å². The Labute approximate surface area is 184 Å². The Hall–Kier alpha value is -1.42. The Kier molecular flexibility index (Phi) is 14.7. The van der Waals surface area contributed by atoms with Crippen molar-refractivity contribution >= 4 is 11.8 Å². The molecule has 4 nitrogen and oxygen atoms in total. The first-order chi connectivity index (χ1) is 14.0. The molecule has 0 fully saturated rings. The maximum absolute atomic E-state index is 12.1. The molecule has 0 bridgehead atoms. The van der Waals surface area contributed by atoms with Gasteiger partial charge in [-0.15, -0.1) is 0 Å². The molecule has 0 aromatic rings. The first-order valence-corrected chi connectivity index (χ1v) is 11.8. The molecular weight excluding hydrogens is 376 g/mol.